The van der Waals surface area contributed by atoms with Crippen molar-refractivity contribution in [3.63, 3.8) is 0 Å². The normalized spacial score (nSPS) is 10.1. The maximum absolute atomic E-state index is 10.9. The van der Waals surface area contributed by atoms with Crippen LogP contribution in [-0.4, -0.2) is 11.1 Å². The molecule has 0 unspecified atom stereocenters. The molecular weight excluding hydrogens is 176 g/mol. The SMILES string of the molecule is CCCc1cccc(C(=O)O)c1CC. The van der Waals surface area contributed by atoms with Gasteiger partial charge in [-0.15, -0.1) is 0 Å². The molecule has 0 aliphatic heterocycles. The molecule has 0 aliphatic rings. The number of carbonyl (C=O) groups is 1. The van der Waals surface area contributed by atoms with Gasteiger partial charge < -0.3 is 5.11 Å². The minimum atomic E-state index is -0.820. The number of carboxylic acid groups (broad SMARTS) is 1. The fourth-order valence-electron chi connectivity index (χ4n) is 1.76. The van der Waals surface area contributed by atoms with Crippen molar-refractivity contribution in [2.45, 2.75) is 33.1 Å². The molecular formula is C12H16O2. The fourth-order valence-corrected chi connectivity index (χ4v) is 1.76. The monoisotopic (exact) mass is 192 g/mol. The number of aryl methyl sites for hydroxylation is 1. The zero-order chi connectivity index (χ0) is 10.6. The van der Waals surface area contributed by atoms with Gasteiger partial charge in [0.25, 0.3) is 0 Å². The Balaban J connectivity index is 3.17. The highest BCUT2D eigenvalue weighted by Gasteiger charge is 2.11. The Morgan fingerprint density at radius 2 is 2.07 bits per heavy atom. The van der Waals surface area contributed by atoms with E-state index < -0.39 is 5.97 Å². The Morgan fingerprint density at radius 3 is 2.57 bits per heavy atom. The maximum Gasteiger partial charge on any atom is 0.335 e. The van der Waals surface area contributed by atoms with E-state index in [0.29, 0.717) is 5.56 Å². The van der Waals surface area contributed by atoms with Gasteiger partial charge in [0.2, 0.25) is 0 Å². The summed E-state index contributed by atoms with van der Waals surface area (Å²) in [6.45, 7) is 4.10. The van der Waals surface area contributed by atoms with Crippen molar-refractivity contribution in [1.29, 1.82) is 0 Å². The predicted molar refractivity (Wildman–Crippen MR) is 56.8 cm³/mol. The Labute approximate surface area is 84.6 Å². The molecule has 1 aromatic carbocycles. The number of rotatable bonds is 4. The summed E-state index contributed by atoms with van der Waals surface area (Å²) in [7, 11) is 0. The number of carboxylic acids is 1. The molecule has 76 valence electrons. The lowest BCUT2D eigenvalue weighted by Gasteiger charge is -2.09. The first-order valence-electron chi connectivity index (χ1n) is 5.04. The van der Waals surface area contributed by atoms with Crippen LogP contribution in [0.25, 0.3) is 0 Å². The van der Waals surface area contributed by atoms with Crippen molar-refractivity contribution >= 4 is 5.97 Å². The Morgan fingerprint density at radius 1 is 1.36 bits per heavy atom. The molecule has 0 spiro atoms. The molecule has 0 saturated heterocycles. The van der Waals surface area contributed by atoms with Gasteiger partial charge in [0.05, 0.1) is 5.56 Å². The van der Waals surface area contributed by atoms with Crippen LogP contribution in [-0.2, 0) is 12.8 Å². The smallest absolute Gasteiger partial charge is 0.335 e. The molecule has 1 aromatic rings. The number of aromatic carboxylic acids is 1. The summed E-state index contributed by atoms with van der Waals surface area (Å²) in [6.07, 6.45) is 2.80. The first-order chi connectivity index (χ1) is 6.70. The molecule has 0 fully saturated rings. The number of benzene rings is 1. The Hall–Kier alpha value is -1.31. The molecule has 0 saturated carbocycles. The maximum atomic E-state index is 10.9. The van der Waals surface area contributed by atoms with Gasteiger partial charge in [-0.25, -0.2) is 4.79 Å². The second-order valence-electron chi connectivity index (χ2n) is 3.35. The lowest BCUT2D eigenvalue weighted by atomic mass is 9.96. The largest absolute Gasteiger partial charge is 0.478 e. The van der Waals surface area contributed by atoms with Crippen molar-refractivity contribution in [2.24, 2.45) is 0 Å². The molecule has 2 heteroatoms. The van der Waals surface area contributed by atoms with Gasteiger partial charge in [0, 0.05) is 0 Å². The third kappa shape index (κ3) is 2.13. The van der Waals surface area contributed by atoms with Gasteiger partial charge >= 0.3 is 5.97 Å². The lowest BCUT2D eigenvalue weighted by Crippen LogP contribution is -2.05. The van der Waals surface area contributed by atoms with Crippen molar-refractivity contribution in [2.75, 3.05) is 0 Å². The van der Waals surface area contributed by atoms with Crippen LogP contribution in [0.2, 0.25) is 0 Å². The van der Waals surface area contributed by atoms with E-state index in [-0.39, 0.29) is 0 Å². The van der Waals surface area contributed by atoms with Crippen LogP contribution >= 0.6 is 0 Å². The highest BCUT2D eigenvalue weighted by molar-refractivity contribution is 5.89. The van der Waals surface area contributed by atoms with E-state index in [2.05, 4.69) is 6.92 Å². The molecule has 1 rings (SSSR count). The summed E-state index contributed by atoms with van der Waals surface area (Å²) in [5.74, 6) is -0.820. The molecule has 1 N–H and O–H groups in total. The molecule has 2 nitrogen and oxygen atoms in total. The molecule has 0 aliphatic carbocycles. The van der Waals surface area contributed by atoms with Crippen LogP contribution < -0.4 is 0 Å². The van der Waals surface area contributed by atoms with Crippen LogP contribution in [0.5, 0.6) is 0 Å². The van der Waals surface area contributed by atoms with Gasteiger partial charge in [-0.3, -0.25) is 0 Å². The van der Waals surface area contributed by atoms with Crippen molar-refractivity contribution in [1.82, 2.24) is 0 Å². The standard InChI is InChI=1S/C12H16O2/c1-3-6-9-7-5-8-11(12(13)14)10(9)4-2/h5,7-8H,3-4,6H2,1-2H3,(H,13,14). The van der Waals surface area contributed by atoms with Crippen LogP contribution in [0.1, 0.15) is 41.8 Å². The van der Waals surface area contributed by atoms with Gasteiger partial charge in [0.1, 0.15) is 0 Å². The van der Waals surface area contributed by atoms with Crippen molar-refractivity contribution in [3.05, 3.63) is 34.9 Å². The third-order valence-electron chi connectivity index (χ3n) is 2.38. The van der Waals surface area contributed by atoms with E-state index in [9.17, 15) is 4.79 Å². The quantitative estimate of drug-likeness (QED) is 0.796. The molecule has 14 heavy (non-hydrogen) atoms. The molecule has 0 aromatic heterocycles. The summed E-state index contributed by atoms with van der Waals surface area (Å²) in [6, 6.07) is 5.53. The summed E-state index contributed by atoms with van der Waals surface area (Å²) < 4.78 is 0. The minimum absolute atomic E-state index is 0.457. The average Bonchev–Trinajstić information content (AvgIpc) is 2.18. The Kier molecular flexibility index (Phi) is 3.69. The summed E-state index contributed by atoms with van der Waals surface area (Å²) in [4.78, 5) is 10.9. The van der Waals surface area contributed by atoms with Crippen LogP contribution in [0.3, 0.4) is 0 Å². The van der Waals surface area contributed by atoms with E-state index in [1.54, 1.807) is 6.07 Å². The second-order valence-corrected chi connectivity index (χ2v) is 3.35. The summed E-state index contributed by atoms with van der Waals surface area (Å²) in [5, 5.41) is 8.99. The zero-order valence-electron chi connectivity index (χ0n) is 8.71. The molecule has 0 atom stereocenters. The van der Waals surface area contributed by atoms with Crippen molar-refractivity contribution in [3.8, 4) is 0 Å². The third-order valence-corrected chi connectivity index (χ3v) is 2.38. The van der Waals surface area contributed by atoms with E-state index in [4.69, 9.17) is 5.11 Å². The average molecular weight is 192 g/mol. The molecule has 0 bridgehead atoms. The van der Waals surface area contributed by atoms with Gasteiger partial charge in [-0.2, -0.15) is 0 Å². The van der Waals surface area contributed by atoms with Crippen LogP contribution in [0.4, 0.5) is 0 Å². The second kappa shape index (κ2) is 4.80. The van der Waals surface area contributed by atoms with Gasteiger partial charge in [-0.05, 0) is 30.0 Å². The summed E-state index contributed by atoms with van der Waals surface area (Å²) >= 11 is 0. The first-order valence-corrected chi connectivity index (χ1v) is 5.04. The molecule has 0 heterocycles. The minimum Gasteiger partial charge on any atom is -0.478 e. The highest BCUT2D eigenvalue weighted by atomic mass is 16.4. The van der Waals surface area contributed by atoms with Crippen LogP contribution in [0, 0.1) is 0 Å². The summed E-state index contributed by atoms with van der Waals surface area (Å²) in [5.41, 5.74) is 2.62. The van der Waals surface area contributed by atoms with E-state index >= 15 is 0 Å². The van der Waals surface area contributed by atoms with Crippen LogP contribution in [0.15, 0.2) is 18.2 Å². The van der Waals surface area contributed by atoms with E-state index in [1.807, 2.05) is 19.1 Å². The lowest BCUT2D eigenvalue weighted by molar-refractivity contribution is 0.0695. The van der Waals surface area contributed by atoms with E-state index in [1.165, 1.54) is 5.56 Å². The number of hydrogen-bond donors (Lipinski definition) is 1. The van der Waals surface area contributed by atoms with E-state index in [0.717, 1.165) is 24.8 Å². The zero-order valence-corrected chi connectivity index (χ0v) is 8.71. The number of hydrogen-bond acceptors (Lipinski definition) is 1. The van der Waals surface area contributed by atoms with Crippen molar-refractivity contribution < 1.29 is 9.90 Å². The molecule has 0 radical (unpaired) electrons. The first kappa shape index (κ1) is 10.8. The van der Waals surface area contributed by atoms with Gasteiger partial charge in [-0.1, -0.05) is 32.4 Å². The van der Waals surface area contributed by atoms with Gasteiger partial charge in [0.15, 0.2) is 0 Å². The highest BCUT2D eigenvalue weighted by Crippen LogP contribution is 2.17. The molecule has 0 amide bonds. The Bertz CT molecular complexity index is 329. The fraction of sp³-hybridized carbons (Fsp3) is 0.417. The predicted octanol–water partition coefficient (Wildman–Crippen LogP) is 2.90. The topological polar surface area (TPSA) is 37.3 Å².